The first-order chi connectivity index (χ1) is 17.3. The summed E-state index contributed by atoms with van der Waals surface area (Å²) < 4.78 is 20.4. The van der Waals surface area contributed by atoms with Gasteiger partial charge in [-0.1, -0.05) is 32.9 Å². The number of methoxy groups -OCH3 is 2. The van der Waals surface area contributed by atoms with Crippen LogP contribution in [0, 0.1) is 17.3 Å². The second kappa shape index (κ2) is 16.4. The molecule has 37 heavy (non-hydrogen) atoms. The van der Waals surface area contributed by atoms with E-state index in [1.54, 1.807) is 0 Å². The number of hydrogen-bond donors (Lipinski definition) is 2. The van der Waals surface area contributed by atoms with Gasteiger partial charge in [-0.05, 0) is 49.9 Å². The fourth-order valence-electron chi connectivity index (χ4n) is 3.93. The molecule has 2 unspecified atom stereocenters. The highest BCUT2D eigenvalue weighted by Gasteiger charge is 2.28. The van der Waals surface area contributed by atoms with Gasteiger partial charge >= 0.3 is 23.9 Å². The van der Waals surface area contributed by atoms with Crippen molar-refractivity contribution in [3.8, 4) is 0 Å². The summed E-state index contributed by atoms with van der Waals surface area (Å²) >= 11 is 0. The van der Waals surface area contributed by atoms with Gasteiger partial charge < -0.3 is 29.6 Å². The van der Waals surface area contributed by atoms with E-state index in [1.165, 1.54) is 14.2 Å². The highest BCUT2D eigenvalue weighted by atomic mass is 16.5. The van der Waals surface area contributed by atoms with Crippen LogP contribution in [0.2, 0.25) is 0 Å². The van der Waals surface area contributed by atoms with Gasteiger partial charge in [0.2, 0.25) is 0 Å². The molecule has 212 valence electrons. The van der Waals surface area contributed by atoms with Crippen molar-refractivity contribution >= 4 is 23.9 Å². The number of esters is 4. The number of carbonyl (C=O) groups excluding carboxylic acids is 4. The van der Waals surface area contributed by atoms with Crippen molar-refractivity contribution in [2.75, 3.05) is 40.5 Å². The highest BCUT2D eigenvalue weighted by molar-refractivity contribution is 5.83. The molecule has 0 radical (unpaired) electrons. The Morgan fingerprint density at radius 1 is 0.811 bits per heavy atom. The third-order valence-electron chi connectivity index (χ3n) is 6.17. The van der Waals surface area contributed by atoms with E-state index >= 15 is 0 Å². The Labute approximate surface area is 221 Å². The zero-order valence-corrected chi connectivity index (χ0v) is 23.4. The predicted octanol–water partition coefficient (Wildman–Crippen LogP) is 2.54. The Kier molecular flexibility index (Phi) is 14.4. The maximum absolute atomic E-state index is 12.4. The Bertz CT molecular complexity index is 769. The number of carbonyl (C=O) groups is 4. The SMILES string of the molecule is C=C(C)CNC(CC(=O)OCC1CCC(COC(=O)CC(NCC(C)(C)C)C(=O)OC)CC1)C(=O)OC. The minimum absolute atomic E-state index is 0.0479. The molecule has 0 aliphatic heterocycles. The third kappa shape index (κ3) is 14.2. The largest absolute Gasteiger partial charge is 0.468 e. The van der Waals surface area contributed by atoms with Crippen LogP contribution in [0.15, 0.2) is 12.2 Å². The van der Waals surface area contributed by atoms with E-state index in [9.17, 15) is 19.2 Å². The molecule has 10 nitrogen and oxygen atoms in total. The molecule has 1 fully saturated rings. The lowest BCUT2D eigenvalue weighted by atomic mass is 9.83. The number of rotatable bonds is 15. The van der Waals surface area contributed by atoms with E-state index in [-0.39, 0.29) is 30.1 Å². The molecule has 1 saturated carbocycles. The van der Waals surface area contributed by atoms with Gasteiger partial charge in [-0.25, -0.2) is 0 Å². The quantitative estimate of drug-likeness (QED) is 0.187. The molecule has 0 spiro atoms. The number of ether oxygens (including phenoxy) is 4. The predicted molar refractivity (Wildman–Crippen MR) is 138 cm³/mol. The summed E-state index contributed by atoms with van der Waals surface area (Å²) in [4.78, 5) is 48.6. The van der Waals surface area contributed by atoms with E-state index in [1.807, 2.05) is 27.7 Å². The summed E-state index contributed by atoms with van der Waals surface area (Å²) in [5.74, 6) is -1.45. The standard InChI is InChI=1S/C27H46N2O8/c1-18(2)14-28-21(25(32)34-6)12-23(30)36-15-19-8-10-20(11-9-19)16-37-24(31)13-22(26(33)35-7)29-17-27(3,4)5/h19-22,28-29H,1,8-17H2,2-7H3. The molecule has 1 rings (SSSR count). The van der Waals surface area contributed by atoms with Crippen LogP contribution in [0.25, 0.3) is 0 Å². The van der Waals surface area contributed by atoms with E-state index < -0.39 is 36.0 Å². The lowest BCUT2D eigenvalue weighted by molar-refractivity contribution is -0.153. The van der Waals surface area contributed by atoms with Crippen molar-refractivity contribution in [3.05, 3.63) is 12.2 Å². The van der Waals surface area contributed by atoms with Gasteiger partial charge in [-0.2, -0.15) is 0 Å². The normalized spacial score (nSPS) is 19.3. The minimum Gasteiger partial charge on any atom is -0.468 e. The summed E-state index contributed by atoms with van der Waals surface area (Å²) in [6, 6.07) is -1.51. The average molecular weight is 527 g/mol. The highest BCUT2D eigenvalue weighted by Crippen LogP contribution is 2.29. The lowest BCUT2D eigenvalue weighted by Gasteiger charge is -2.28. The summed E-state index contributed by atoms with van der Waals surface area (Å²) in [6.07, 6.45) is 3.21. The Morgan fingerprint density at radius 2 is 1.22 bits per heavy atom. The monoisotopic (exact) mass is 526 g/mol. The summed E-state index contributed by atoms with van der Waals surface area (Å²) in [5.41, 5.74) is 0.790. The van der Waals surface area contributed by atoms with E-state index in [4.69, 9.17) is 18.9 Å². The van der Waals surface area contributed by atoms with Crippen LogP contribution in [0.1, 0.15) is 66.2 Å². The lowest BCUT2D eigenvalue weighted by Crippen LogP contribution is -2.43. The Morgan fingerprint density at radius 3 is 1.57 bits per heavy atom. The van der Waals surface area contributed by atoms with Crippen LogP contribution in [0.5, 0.6) is 0 Å². The van der Waals surface area contributed by atoms with Gasteiger partial charge in [0.25, 0.3) is 0 Å². The third-order valence-corrected chi connectivity index (χ3v) is 6.17. The first-order valence-electron chi connectivity index (χ1n) is 12.9. The van der Waals surface area contributed by atoms with Crippen LogP contribution in [0.4, 0.5) is 0 Å². The number of hydrogen-bond acceptors (Lipinski definition) is 10. The average Bonchev–Trinajstić information content (AvgIpc) is 2.85. The minimum atomic E-state index is -0.776. The molecule has 2 atom stereocenters. The van der Waals surface area contributed by atoms with Crippen molar-refractivity contribution < 1.29 is 38.1 Å². The van der Waals surface area contributed by atoms with Crippen molar-refractivity contribution in [3.63, 3.8) is 0 Å². The summed E-state index contributed by atoms with van der Waals surface area (Å²) in [6.45, 7) is 13.2. The van der Waals surface area contributed by atoms with Crippen LogP contribution >= 0.6 is 0 Å². The molecular formula is C27H46N2O8. The van der Waals surface area contributed by atoms with Gasteiger partial charge in [0, 0.05) is 13.1 Å². The first-order valence-corrected chi connectivity index (χ1v) is 12.9. The molecule has 0 amide bonds. The smallest absolute Gasteiger partial charge is 0.323 e. The van der Waals surface area contributed by atoms with E-state index in [0.29, 0.717) is 26.3 Å². The molecule has 10 heteroatoms. The molecule has 0 saturated heterocycles. The summed E-state index contributed by atoms with van der Waals surface area (Å²) in [7, 11) is 2.58. The summed E-state index contributed by atoms with van der Waals surface area (Å²) in [5, 5.41) is 6.05. The topological polar surface area (TPSA) is 129 Å². The Hall–Kier alpha value is -2.46. The maximum atomic E-state index is 12.4. The molecule has 0 heterocycles. The molecule has 0 bridgehead atoms. The van der Waals surface area contributed by atoms with Crippen LogP contribution < -0.4 is 10.6 Å². The number of nitrogens with one attached hydrogen (secondary N) is 2. The zero-order chi connectivity index (χ0) is 28.0. The fourth-order valence-corrected chi connectivity index (χ4v) is 3.93. The molecular weight excluding hydrogens is 480 g/mol. The molecule has 0 aromatic carbocycles. The second-order valence-electron chi connectivity index (χ2n) is 11.1. The van der Waals surface area contributed by atoms with Crippen LogP contribution in [-0.4, -0.2) is 76.5 Å². The van der Waals surface area contributed by atoms with E-state index in [0.717, 1.165) is 31.3 Å². The van der Waals surface area contributed by atoms with Crippen LogP contribution in [-0.2, 0) is 38.1 Å². The second-order valence-corrected chi connectivity index (χ2v) is 11.1. The molecule has 1 aliphatic carbocycles. The van der Waals surface area contributed by atoms with Crippen molar-refractivity contribution in [2.45, 2.75) is 78.3 Å². The molecule has 2 N–H and O–H groups in total. The fraction of sp³-hybridized carbons (Fsp3) is 0.778. The maximum Gasteiger partial charge on any atom is 0.323 e. The van der Waals surface area contributed by atoms with Gasteiger partial charge in [0.05, 0.1) is 40.3 Å². The van der Waals surface area contributed by atoms with Crippen molar-refractivity contribution in [1.29, 1.82) is 0 Å². The van der Waals surface area contributed by atoms with Gasteiger partial charge in [0.15, 0.2) is 0 Å². The van der Waals surface area contributed by atoms with Gasteiger partial charge in [-0.15, -0.1) is 0 Å². The zero-order valence-electron chi connectivity index (χ0n) is 23.4. The first kappa shape index (κ1) is 32.6. The molecule has 0 aromatic heterocycles. The molecule has 1 aliphatic rings. The van der Waals surface area contributed by atoms with E-state index in [2.05, 4.69) is 17.2 Å². The van der Waals surface area contributed by atoms with Crippen LogP contribution in [0.3, 0.4) is 0 Å². The van der Waals surface area contributed by atoms with Gasteiger partial charge in [0.1, 0.15) is 12.1 Å². The van der Waals surface area contributed by atoms with Crippen molar-refractivity contribution in [1.82, 2.24) is 10.6 Å². The Balaban J connectivity index is 2.37. The van der Waals surface area contributed by atoms with Gasteiger partial charge in [-0.3, -0.25) is 19.2 Å². The molecule has 0 aromatic rings. The van der Waals surface area contributed by atoms with Crippen molar-refractivity contribution in [2.24, 2.45) is 17.3 Å².